The fourth-order valence-electron chi connectivity index (χ4n) is 4.84. The predicted octanol–water partition coefficient (Wildman–Crippen LogP) is 4.40. The Morgan fingerprint density at radius 1 is 0.943 bits per heavy atom. The van der Waals surface area contributed by atoms with E-state index in [2.05, 4.69) is 36.1 Å². The van der Waals surface area contributed by atoms with Crippen molar-refractivity contribution in [3.05, 3.63) is 60.6 Å². The number of ether oxygens (including phenoxy) is 2. The summed E-state index contributed by atoms with van der Waals surface area (Å²) in [6.45, 7) is 3.49. The minimum Gasteiger partial charge on any atom is -0.454 e. The van der Waals surface area contributed by atoms with Crippen LogP contribution >= 0.6 is 0 Å². The second-order valence-electron chi connectivity index (χ2n) is 8.94. The van der Waals surface area contributed by atoms with E-state index >= 15 is 0 Å². The molecule has 9 nitrogen and oxygen atoms in total. The molecule has 1 fully saturated rings. The minimum absolute atomic E-state index is 0.245. The van der Waals surface area contributed by atoms with Crippen molar-refractivity contribution in [3.8, 4) is 45.4 Å². The first-order valence-electron chi connectivity index (χ1n) is 11.8. The zero-order chi connectivity index (χ0) is 23.2. The van der Waals surface area contributed by atoms with E-state index in [1.54, 1.807) is 6.20 Å². The molecular weight excluding hydrogens is 442 g/mol. The van der Waals surface area contributed by atoms with Crippen molar-refractivity contribution in [2.24, 2.45) is 0 Å². The molecule has 0 radical (unpaired) electrons. The van der Waals surface area contributed by atoms with Gasteiger partial charge in [0.05, 0.1) is 5.69 Å². The third-order valence-corrected chi connectivity index (χ3v) is 6.60. The fourth-order valence-corrected chi connectivity index (χ4v) is 4.84. The number of hydrogen-bond acceptors (Lipinski definition) is 7. The molecule has 5 aromatic rings. The number of nitrogens with one attached hydrogen (secondary N) is 2. The largest absolute Gasteiger partial charge is 0.454 e. The lowest BCUT2D eigenvalue weighted by Gasteiger charge is -2.14. The normalized spacial score (nSPS) is 15.3. The van der Waals surface area contributed by atoms with Crippen molar-refractivity contribution in [1.82, 2.24) is 35.0 Å². The Bertz CT molecular complexity index is 1530. The Labute approximate surface area is 201 Å². The number of pyridine rings is 2. The molecule has 0 bridgehead atoms. The molecule has 0 spiro atoms. The van der Waals surface area contributed by atoms with Gasteiger partial charge in [-0.1, -0.05) is 6.07 Å². The predicted molar refractivity (Wildman–Crippen MR) is 131 cm³/mol. The van der Waals surface area contributed by atoms with Crippen LogP contribution in [0.15, 0.2) is 55.0 Å². The zero-order valence-corrected chi connectivity index (χ0v) is 19.0. The molecule has 1 saturated heterocycles. The summed E-state index contributed by atoms with van der Waals surface area (Å²) in [4.78, 5) is 19.6. The van der Waals surface area contributed by atoms with Gasteiger partial charge in [0.15, 0.2) is 23.0 Å². The second kappa shape index (κ2) is 8.21. The van der Waals surface area contributed by atoms with Gasteiger partial charge in [-0.05, 0) is 67.4 Å². The molecule has 1 aromatic carbocycles. The minimum atomic E-state index is 0.245. The van der Waals surface area contributed by atoms with E-state index in [4.69, 9.17) is 14.5 Å². The number of imidazole rings is 1. The average molecular weight is 466 g/mol. The smallest absolute Gasteiger partial charge is 0.231 e. The second-order valence-corrected chi connectivity index (χ2v) is 8.94. The van der Waals surface area contributed by atoms with Gasteiger partial charge in [0.2, 0.25) is 6.79 Å². The zero-order valence-electron chi connectivity index (χ0n) is 19.0. The van der Waals surface area contributed by atoms with Gasteiger partial charge in [0.1, 0.15) is 11.2 Å². The molecule has 2 N–H and O–H groups in total. The maximum absolute atomic E-state index is 5.55. The van der Waals surface area contributed by atoms with Crippen molar-refractivity contribution in [2.75, 3.05) is 19.9 Å². The molecule has 9 heteroatoms. The number of H-pyrrole nitrogens is 2. The highest BCUT2D eigenvalue weighted by Crippen LogP contribution is 2.37. The SMILES string of the molecule is c1cc(-c2ccc3c(c2)OCO3)c2nc(-c3cc(-c4cncc(CN5CCCC5)c4)[nH]n3)[nH]c2n1. The summed E-state index contributed by atoms with van der Waals surface area (Å²) in [5.74, 6) is 2.15. The summed E-state index contributed by atoms with van der Waals surface area (Å²) in [7, 11) is 0. The summed E-state index contributed by atoms with van der Waals surface area (Å²) in [6, 6.07) is 12.0. The van der Waals surface area contributed by atoms with Crippen LogP contribution in [0.3, 0.4) is 0 Å². The summed E-state index contributed by atoms with van der Waals surface area (Å²) in [6.07, 6.45) is 8.14. The Balaban J connectivity index is 1.20. The van der Waals surface area contributed by atoms with E-state index in [-0.39, 0.29) is 6.79 Å². The van der Waals surface area contributed by atoms with E-state index < -0.39 is 0 Å². The Morgan fingerprint density at radius 2 is 1.86 bits per heavy atom. The van der Waals surface area contributed by atoms with Gasteiger partial charge in [-0.2, -0.15) is 5.10 Å². The van der Waals surface area contributed by atoms with Crippen LogP contribution in [-0.4, -0.2) is 54.9 Å². The van der Waals surface area contributed by atoms with Crippen LogP contribution in [0.2, 0.25) is 0 Å². The topological polar surface area (TPSA) is 105 Å². The maximum atomic E-state index is 5.55. The Kier molecular flexibility index (Phi) is 4.73. The molecule has 4 aromatic heterocycles. The molecule has 0 atom stereocenters. The van der Waals surface area contributed by atoms with Gasteiger partial charge in [-0.3, -0.25) is 15.0 Å². The maximum Gasteiger partial charge on any atom is 0.231 e. The molecule has 6 heterocycles. The molecule has 35 heavy (non-hydrogen) atoms. The van der Waals surface area contributed by atoms with Crippen LogP contribution in [0.1, 0.15) is 18.4 Å². The van der Waals surface area contributed by atoms with Crippen LogP contribution in [0.4, 0.5) is 0 Å². The highest BCUT2D eigenvalue weighted by atomic mass is 16.7. The first kappa shape index (κ1) is 20.2. The fraction of sp³-hybridized carbons (Fsp3) is 0.231. The molecule has 0 aliphatic carbocycles. The lowest BCUT2D eigenvalue weighted by Crippen LogP contribution is -2.18. The Hall–Kier alpha value is -4.24. The number of rotatable bonds is 5. The standard InChI is InChI=1S/C26H23N7O2/c1-2-8-33(7-1)14-16-9-18(13-27-12-16)20-11-21(32-31-20)25-29-24-19(5-6-28-26(24)30-25)17-3-4-22-23(10-17)35-15-34-22/h3-6,9-13H,1-2,7-8,14-15H2,(H,31,32)(H,28,29,30). The van der Waals surface area contributed by atoms with Crippen LogP contribution in [0.25, 0.3) is 45.1 Å². The Morgan fingerprint density at radius 3 is 2.80 bits per heavy atom. The van der Waals surface area contributed by atoms with Crippen LogP contribution in [-0.2, 0) is 6.54 Å². The highest BCUT2D eigenvalue weighted by molar-refractivity contribution is 5.91. The van der Waals surface area contributed by atoms with E-state index in [0.29, 0.717) is 11.5 Å². The van der Waals surface area contributed by atoms with Gasteiger partial charge < -0.3 is 14.5 Å². The lowest BCUT2D eigenvalue weighted by molar-refractivity contribution is 0.174. The first-order chi connectivity index (χ1) is 17.3. The summed E-state index contributed by atoms with van der Waals surface area (Å²) in [5, 5.41) is 7.67. The van der Waals surface area contributed by atoms with E-state index in [1.165, 1.54) is 18.4 Å². The first-order valence-corrected chi connectivity index (χ1v) is 11.8. The third kappa shape index (κ3) is 3.70. The molecule has 2 aliphatic rings. The summed E-state index contributed by atoms with van der Waals surface area (Å²) in [5.41, 5.74) is 7.28. The van der Waals surface area contributed by atoms with E-state index in [9.17, 15) is 0 Å². The van der Waals surface area contributed by atoms with Crippen molar-refractivity contribution in [1.29, 1.82) is 0 Å². The number of nitrogens with zero attached hydrogens (tertiary/aromatic N) is 5. The third-order valence-electron chi connectivity index (χ3n) is 6.60. The number of fused-ring (bicyclic) bond motifs is 2. The lowest BCUT2D eigenvalue weighted by atomic mass is 10.1. The number of hydrogen-bond donors (Lipinski definition) is 2. The number of likely N-dealkylation sites (tertiary alicyclic amines) is 1. The number of aromatic nitrogens is 6. The molecular formula is C26H23N7O2. The van der Waals surface area contributed by atoms with Gasteiger partial charge in [-0.15, -0.1) is 0 Å². The van der Waals surface area contributed by atoms with Gasteiger partial charge in [0, 0.05) is 36.3 Å². The van der Waals surface area contributed by atoms with Crippen molar-refractivity contribution < 1.29 is 9.47 Å². The van der Waals surface area contributed by atoms with Crippen molar-refractivity contribution in [2.45, 2.75) is 19.4 Å². The van der Waals surface area contributed by atoms with Gasteiger partial charge >= 0.3 is 0 Å². The van der Waals surface area contributed by atoms with Crippen molar-refractivity contribution >= 4 is 11.2 Å². The average Bonchev–Trinajstić information content (AvgIpc) is 3.69. The monoisotopic (exact) mass is 465 g/mol. The number of benzene rings is 1. The quantitative estimate of drug-likeness (QED) is 0.396. The molecule has 2 aliphatic heterocycles. The van der Waals surface area contributed by atoms with E-state index in [1.807, 2.05) is 42.7 Å². The van der Waals surface area contributed by atoms with Gasteiger partial charge in [0.25, 0.3) is 0 Å². The van der Waals surface area contributed by atoms with Crippen LogP contribution in [0.5, 0.6) is 11.5 Å². The highest BCUT2D eigenvalue weighted by Gasteiger charge is 2.18. The van der Waals surface area contributed by atoms with Crippen LogP contribution in [0, 0.1) is 0 Å². The summed E-state index contributed by atoms with van der Waals surface area (Å²) >= 11 is 0. The molecule has 0 amide bonds. The molecule has 174 valence electrons. The van der Waals surface area contributed by atoms with Gasteiger partial charge in [-0.25, -0.2) is 9.97 Å². The number of aromatic amines is 2. The molecule has 7 rings (SSSR count). The van der Waals surface area contributed by atoms with Crippen LogP contribution < -0.4 is 9.47 Å². The molecule has 0 saturated carbocycles. The molecule has 0 unspecified atom stereocenters. The summed E-state index contributed by atoms with van der Waals surface area (Å²) < 4.78 is 11.0. The van der Waals surface area contributed by atoms with Crippen molar-refractivity contribution in [3.63, 3.8) is 0 Å². The van der Waals surface area contributed by atoms with E-state index in [0.717, 1.165) is 64.7 Å².